The van der Waals surface area contributed by atoms with Gasteiger partial charge in [0.25, 0.3) is 0 Å². The quantitative estimate of drug-likeness (QED) is 0.786. The number of rotatable bonds is 5. The smallest absolute Gasteiger partial charge is 0.0448 e. The van der Waals surface area contributed by atoms with Gasteiger partial charge in [-0.25, -0.2) is 0 Å². The molecule has 1 aromatic heterocycles. The van der Waals surface area contributed by atoms with E-state index < -0.39 is 0 Å². The van der Waals surface area contributed by atoms with E-state index in [9.17, 15) is 0 Å². The van der Waals surface area contributed by atoms with E-state index in [-0.39, 0.29) is 12.1 Å². The third-order valence-electron chi connectivity index (χ3n) is 2.43. The maximum Gasteiger partial charge on any atom is 0.0448 e. The minimum Gasteiger partial charge on any atom is -0.396 e. The molecule has 1 rings (SSSR count). The van der Waals surface area contributed by atoms with Crippen molar-refractivity contribution < 1.29 is 5.11 Å². The van der Waals surface area contributed by atoms with Crippen LogP contribution in [0.25, 0.3) is 0 Å². The Kier molecular flexibility index (Phi) is 4.11. The van der Waals surface area contributed by atoms with Crippen LogP contribution in [0.5, 0.6) is 0 Å². The van der Waals surface area contributed by atoms with Gasteiger partial charge in [0.1, 0.15) is 0 Å². The summed E-state index contributed by atoms with van der Waals surface area (Å²) in [7, 11) is 0. The van der Waals surface area contributed by atoms with E-state index in [1.165, 1.54) is 10.4 Å². The molecular weight excluding hydrogens is 194 g/mol. The van der Waals surface area contributed by atoms with Crippen LogP contribution in [0.2, 0.25) is 0 Å². The Labute approximate surface area is 90.0 Å². The van der Waals surface area contributed by atoms with Crippen LogP contribution in [-0.2, 0) is 6.54 Å². The average molecular weight is 213 g/mol. The molecule has 0 aromatic carbocycles. The predicted molar refractivity (Wildman–Crippen MR) is 61.7 cm³/mol. The highest BCUT2D eigenvalue weighted by molar-refractivity contribution is 7.10. The highest BCUT2D eigenvalue weighted by Crippen LogP contribution is 2.17. The molecule has 3 heteroatoms. The largest absolute Gasteiger partial charge is 0.396 e. The van der Waals surface area contributed by atoms with E-state index in [2.05, 4.69) is 37.5 Å². The van der Waals surface area contributed by atoms with Crippen molar-refractivity contribution in [2.24, 2.45) is 0 Å². The maximum absolute atomic E-state index is 8.88. The Balaban J connectivity index is 2.44. The predicted octanol–water partition coefficient (Wildman–Crippen LogP) is 2.31. The average Bonchev–Trinajstić information content (AvgIpc) is 2.48. The zero-order valence-corrected chi connectivity index (χ0v) is 9.95. The van der Waals surface area contributed by atoms with E-state index in [0.717, 1.165) is 13.0 Å². The number of aliphatic hydroxyl groups is 1. The second-order valence-corrected chi connectivity index (χ2v) is 5.24. The third kappa shape index (κ3) is 3.40. The Morgan fingerprint density at radius 1 is 1.50 bits per heavy atom. The molecule has 0 unspecified atom stereocenters. The second-order valence-electron chi connectivity index (χ2n) is 4.24. The monoisotopic (exact) mass is 213 g/mol. The third-order valence-corrected chi connectivity index (χ3v) is 3.46. The molecule has 80 valence electrons. The van der Waals surface area contributed by atoms with Gasteiger partial charge in [0.15, 0.2) is 0 Å². The fraction of sp³-hybridized carbons (Fsp3) is 0.636. The van der Waals surface area contributed by atoms with Crippen LogP contribution < -0.4 is 5.32 Å². The summed E-state index contributed by atoms with van der Waals surface area (Å²) >= 11 is 1.78. The summed E-state index contributed by atoms with van der Waals surface area (Å²) in [5.41, 5.74) is 1.37. The van der Waals surface area contributed by atoms with Gasteiger partial charge >= 0.3 is 0 Å². The van der Waals surface area contributed by atoms with Crippen LogP contribution in [0.15, 0.2) is 11.4 Å². The first-order valence-corrected chi connectivity index (χ1v) is 5.82. The first-order chi connectivity index (χ1) is 6.55. The van der Waals surface area contributed by atoms with Crippen LogP contribution >= 0.6 is 11.3 Å². The first-order valence-electron chi connectivity index (χ1n) is 4.94. The van der Waals surface area contributed by atoms with Gasteiger partial charge in [-0.15, -0.1) is 11.3 Å². The SMILES string of the molecule is Cc1ccsc1CNC(C)(C)CCO. The Morgan fingerprint density at radius 2 is 2.21 bits per heavy atom. The highest BCUT2D eigenvalue weighted by atomic mass is 32.1. The summed E-state index contributed by atoms with van der Waals surface area (Å²) in [5.74, 6) is 0. The molecule has 1 heterocycles. The number of aryl methyl sites for hydroxylation is 1. The van der Waals surface area contributed by atoms with Crippen molar-refractivity contribution in [3.05, 3.63) is 21.9 Å². The minimum absolute atomic E-state index is 0.0190. The fourth-order valence-electron chi connectivity index (χ4n) is 1.27. The fourth-order valence-corrected chi connectivity index (χ4v) is 2.12. The molecule has 0 saturated heterocycles. The molecule has 0 saturated carbocycles. The summed E-state index contributed by atoms with van der Waals surface area (Å²) in [4.78, 5) is 1.39. The van der Waals surface area contributed by atoms with Crippen molar-refractivity contribution in [3.8, 4) is 0 Å². The number of nitrogens with one attached hydrogen (secondary N) is 1. The van der Waals surface area contributed by atoms with E-state index in [1.54, 1.807) is 11.3 Å². The highest BCUT2D eigenvalue weighted by Gasteiger charge is 2.16. The van der Waals surface area contributed by atoms with E-state index in [4.69, 9.17) is 5.11 Å². The van der Waals surface area contributed by atoms with Gasteiger partial charge in [-0.3, -0.25) is 0 Å². The lowest BCUT2D eigenvalue weighted by Gasteiger charge is -2.25. The van der Waals surface area contributed by atoms with Gasteiger partial charge in [-0.05, 0) is 44.2 Å². The van der Waals surface area contributed by atoms with Crippen LogP contribution in [0.4, 0.5) is 0 Å². The number of thiophene rings is 1. The van der Waals surface area contributed by atoms with E-state index in [1.807, 2.05) is 0 Å². The Bertz CT molecular complexity index is 281. The molecule has 14 heavy (non-hydrogen) atoms. The van der Waals surface area contributed by atoms with Crippen molar-refractivity contribution in [2.45, 2.75) is 39.3 Å². The molecule has 0 spiro atoms. The molecule has 0 bridgehead atoms. The minimum atomic E-state index is 0.0190. The van der Waals surface area contributed by atoms with E-state index >= 15 is 0 Å². The standard InChI is InChI=1S/C11H19NOS/c1-9-4-7-14-10(9)8-12-11(2,3)5-6-13/h4,7,12-13H,5-6,8H2,1-3H3. The molecule has 1 aromatic rings. The summed E-state index contributed by atoms with van der Waals surface area (Å²) in [6.45, 7) is 7.50. The molecule has 0 radical (unpaired) electrons. The van der Waals surface area contributed by atoms with Crippen molar-refractivity contribution in [1.82, 2.24) is 5.32 Å². The summed E-state index contributed by atoms with van der Waals surface area (Å²) in [6, 6.07) is 2.14. The lowest BCUT2D eigenvalue weighted by atomic mass is 10.0. The molecule has 0 aliphatic heterocycles. The Hall–Kier alpha value is -0.380. The molecular formula is C11H19NOS. The van der Waals surface area contributed by atoms with Crippen molar-refractivity contribution in [1.29, 1.82) is 0 Å². The summed E-state index contributed by atoms with van der Waals surface area (Å²) in [5, 5.41) is 14.4. The number of aliphatic hydroxyl groups excluding tert-OH is 1. The van der Waals surface area contributed by atoms with Crippen LogP contribution in [-0.4, -0.2) is 17.3 Å². The normalized spacial score (nSPS) is 12.0. The molecule has 0 amide bonds. The van der Waals surface area contributed by atoms with Crippen molar-refractivity contribution in [2.75, 3.05) is 6.61 Å². The molecule has 0 atom stereocenters. The molecule has 2 N–H and O–H groups in total. The van der Waals surface area contributed by atoms with Crippen LogP contribution in [0.1, 0.15) is 30.7 Å². The number of hydrogen-bond acceptors (Lipinski definition) is 3. The zero-order chi connectivity index (χ0) is 10.6. The first kappa shape index (κ1) is 11.7. The van der Waals surface area contributed by atoms with Crippen LogP contribution in [0, 0.1) is 6.92 Å². The van der Waals surface area contributed by atoms with Gasteiger partial charge in [0, 0.05) is 23.6 Å². The molecule has 0 aliphatic rings. The zero-order valence-electron chi connectivity index (χ0n) is 9.13. The number of hydrogen-bond donors (Lipinski definition) is 2. The lowest BCUT2D eigenvalue weighted by Crippen LogP contribution is -2.39. The van der Waals surface area contributed by atoms with Gasteiger partial charge in [-0.2, -0.15) is 0 Å². The van der Waals surface area contributed by atoms with Gasteiger partial charge in [0.2, 0.25) is 0 Å². The van der Waals surface area contributed by atoms with Gasteiger partial charge in [0.05, 0.1) is 0 Å². The molecule has 0 aliphatic carbocycles. The maximum atomic E-state index is 8.88. The summed E-state index contributed by atoms with van der Waals surface area (Å²) in [6.07, 6.45) is 0.789. The summed E-state index contributed by atoms with van der Waals surface area (Å²) < 4.78 is 0. The van der Waals surface area contributed by atoms with E-state index in [0.29, 0.717) is 0 Å². The molecule has 2 nitrogen and oxygen atoms in total. The van der Waals surface area contributed by atoms with Crippen molar-refractivity contribution in [3.63, 3.8) is 0 Å². The lowest BCUT2D eigenvalue weighted by molar-refractivity contribution is 0.230. The topological polar surface area (TPSA) is 32.3 Å². The molecule has 0 fully saturated rings. The van der Waals surface area contributed by atoms with Gasteiger partial charge < -0.3 is 10.4 Å². The van der Waals surface area contributed by atoms with Crippen molar-refractivity contribution >= 4 is 11.3 Å². The Morgan fingerprint density at radius 3 is 2.71 bits per heavy atom. The second kappa shape index (κ2) is 4.91. The van der Waals surface area contributed by atoms with Crippen LogP contribution in [0.3, 0.4) is 0 Å². The van der Waals surface area contributed by atoms with Gasteiger partial charge in [-0.1, -0.05) is 0 Å².